The summed E-state index contributed by atoms with van der Waals surface area (Å²) >= 11 is 0. The van der Waals surface area contributed by atoms with E-state index in [2.05, 4.69) is 4.98 Å². The number of likely N-dealkylation sites (tertiary alicyclic amines) is 1. The minimum Gasteiger partial charge on any atom is -0.493 e. The number of benzene rings is 2. The third kappa shape index (κ3) is 4.42. The van der Waals surface area contributed by atoms with E-state index in [4.69, 9.17) is 18.9 Å². The van der Waals surface area contributed by atoms with Crippen LogP contribution in [-0.4, -0.2) is 56.3 Å². The Balaban J connectivity index is 1.37. The van der Waals surface area contributed by atoms with Gasteiger partial charge in [0.2, 0.25) is 11.7 Å². The Labute approximate surface area is 187 Å². The molecule has 32 heavy (non-hydrogen) atoms. The summed E-state index contributed by atoms with van der Waals surface area (Å²) in [6.07, 6.45) is 3.46. The first-order valence-corrected chi connectivity index (χ1v) is 10.7. The summed E-state index contributed by atoms with van der Waals surface area (Å²) in [5.41, 5.74) is 1.76. The van der Waals surface area contributed by atoms with Crippen molar-refractivity contribution in [2.24, 2.45) is 0 Å². The smallest absolute Gasteiger partial charge is 0.223 e. The topological polar surface area (TPSA) is 70.1 Å². The van der Waals surface area contributed by atoms with Gasteiger partial charge >= 0.3 is 0 Å². The lowest BCUT2D eigenvalue weighted by Gasteiger charge is -2.19. The molecular weight excluding hydrogens is 408 g/mol. The number of aromatic nitrogens is 1. The second-order valence-electron chi connectivity index (χ2n) is 7.69. The predicted molar refractivity (Wildman–Crippen MR) is 122 cm³/mol. The Morgan fingerprint density at radius 1 is 1.00 bits per heavy atom. The van der Waals surface area contributed by atoms with Crippen LogP contribution >= 0.6 is 0 Å². The average Bonchev–Trinajstić information content (AvgIpc) is 3.30. The fourth-order valence-corrected chi connectivity index (χ4v) is 4.16. The number of carbonyl (C=O) groups is 1. The van der Waals surface area contributed by atoms with Crippen molar-refractivity contribution >= 4 is 16.8 Å². The first kappa shape index (κ1) is 21.7. The molecule has 0 spiro atoms. The molecule has 0 aliphatic carbocycles. The number of aryl methyl sites for hydroxylation is 1. The number of pyridine rings is 1. The second kappa shape index (κ2) is 9.77. The first-order valence-electron chi connectivity index (χ1n) is 10.7. The van der Waals surface area contributed by atoms with E-state index in [1.165, 1.54) is 0 Å². The quantitative estimate of drug-likeness (QED) is 0.534. The number of ether oxygens (including phenoxy) is 4. The molecule has 0 saturated carbocycles. The van der Waals surface area contributed by atoms with Crippen LogP contribution in [0.15, 0.2) is 48.7 Å². The van der Waals surface area contributed by atoms with Crippen LogP contribution < -0.4 is 18.9 Å². The average molecular weight is 437 g/mol. The summed E-state index contributed by atoms with van der Waals surface area (Å²) < 4.78 is 22.5. The monoisotopic (exact) mass is 436 g/mol. The Morgan fingerprint density at radius 2 is 1.81 bits per heavy atom. The maximum absolute atomic E-state index is 12.9. The number of fused-ring (bicyclic) bond motifs is 1. The van der Waals surface area contributed by atoms with Crippen LogP contribution in [0.5, 0.6) is 23.0 Å². The van der Waals surface area contributed by atoms with E-state index >= 15 is 0 Å². The molecule has 1 amide bonds. The normalized spacial score (nSPS) is 15.6. The second-order valence-corrected chi connectivity index (χ2v) is 7.69. The van der Waals surface area contributed by atoms with Gasteiger partial charge < -0.3 is 23.8 Å². The molecule has 4 rings (SSSR count). The molecule has 1 atom stereocenters. The van der Waals surface area contributed by atoms with Gasteiger partial charge in [0.15, 0.2) is 11.5 Å². The van der Waals surface area contributed by atoms with Gasteiger partial charge in [0.05, 0.1) is 27.9 Å². The molecule has 3 aromatic rings. The maximum Gasteiger partial charge on any atom is 0.223 e. The van der Waals surface area contributed by atoms with Crippen molar-refractivity contribution in [3.05, 3.63) is 54.2 Å². The number of hydrogen-bond acceptors (Lipinski definition) is 6. The summed E-state index contributed by atoms with van der Waals surface area (Å²) in [7, 11) is 4.75. The summed E-state index contributed by atoms with van der Waals surface area (Å²) in [4.78, 5) is 19.2. The van der Waals surface area contributed by atoms with Gasteiger partial charge in [0.1, 0.15) is 17.4 Å². The molecule has 0 N–H and O–H groups in total. The molecule has 1 aromatic heterocycles. The van der Waals surface area contributed by atoms with Gasteiger partial charge in [-0.3, -0.25) is 9.78 Å². The van der Waals surface area contributed by atoms with Crippen LogP contribution in [-0.2, 0) is 11.2 Å². The largest absolute Gasteiger partial charge is 0.493 e. The van der Waals surface area contributed by atoms with Crippen molar-refractivity contribution in [3.63, 3.8) is 0 Å². The molecule has 168 valence electrons. The van der Waals surface area contributed by atoms with Crippen LogP contribution in [0.4, 0.5) is 0 Å². The number of amides is 1. The maximum atomic E-state index is 12.9. The van der Waals surface area contributed by atoms with E-state index in [-0.39, 0.29) is 12.0 Å². The van der Waals surface area contributed by atoms with Crippen LogP contribution in [0.25, 0.3) is 10.9 Å². The van der Waals surface area contributed by atoms with Crippen LogP contribution in [0, 0.1) is 0 Å². The highest BCUT2D eigenvalue weighted by Gasteiger charge is 2.28. The first-order chi connectivity index (χ1) is 15.6. The molecule has 7 nitrogen and oxygen atoms in total. The Bertz CT molecular complexity index is 1100. The number of hydrogen-bond donors (Lipinski definition) is 0. The zero-order chi connectivity index (χ0) is 22.5. The molecular formula is C25H28N2O5. The lowest BCUT2D eigenvalue weighted by molar-refractivity contribution is -0.130. The molecule has 7 heteroatoms. The van der Waals surface area contributed by atoms with Gasteiger partial charge in [0.25, 0.3) is 0 Å². The Morgan fingerprint density at radius 3 is 2.59 bits per heavy atom. The minimum atomic E-state index is -0.0397. The van der Waals surface area contributed by atoms with Gasteiger partial charge in [-0.05, 0) is 30.2 Å². The molecule has 1 aliphatic heterocycles. The Kier molecular flexibility index (Phi) is 6.63. The Hall–Kier alpha value is -3.48. The fraction of sp³-hybridized carbons (Fsp3) is 0.360. The zero-order valence-corrected chi connectivity index (χ0v) is 18.7. The van der Waals surface area contributed by atoms with E-state index < -0.39 is 0 Å². The van der Waals surface area contributed by atoms with Crippen LogP contribution in [0.1, 0.15) is 18.4 Å². The van der Waals surface area contributed by atoms with Gasteiger partial charge in [0, 0.05) is 31.0 Å². The number of methoxy groups -OCH3 is 3. The van der Waals surface area contributed by atoms with Crippen molar-refractivity contribution in [2.45, 2.75) is 25.4 Å². The molecule has 2 heterocycles. The molecule has 0 radical (unpaired) electrons. The van der Waals surface area contributed by atoms with Crippen molar-refractivity contribution < 1.29 is 23.7 Å². The van der Waals surface area contributed by atoms with Gasteiger partial charge in [-0.1, -0.05) is 24.3 Å². The fourth-order valence-electron chi connectivity index (χ4n) is 4.16. The predicted octanol–water partition coefficient (Wildman–Crippen LogP) is 3.87. The summed E-state index contributed by atoms with van der Waals surface area (Å²) in [5, 5.41) is 1.04. The molecule has 0 bridgehead atoms. The summed E-state index contributed by atoms with van der Waals surface area (Å²) in [5.74, 6) is 2.60. The van der Waals surface area contributed by atoms with E-state index in [9.17, 15) is 4.79 Å². The van der Waals surface area contributed by atoms with Gasteiger partial charge in [-0.15, -0.1) is 0 Å². The van der Waals surface area contributed by atoms with Crippen molar-refractivity contribution in [1.29, 1.82) is 0 Å². The van der Waals surface area contributed by atoms with Gasteiger partial charge in [-0.25, -0.2) is 0 Å². The minimum absolute atomic E-state index is 0.0397. The van der Waals surface area contributed by atoms with E-state index in [0.717, 1.165) is 28.6 Å². The molecule has 0 unspecified atom stereocenters. The zero-order valence-electron chi connectivity index (χ0n) is 18.7. The SMILES string of the molecule is COc1ccc(CCC(=O)N2CC[C@@H](Oc3cccc4cccnc34)C2)c(OC)c1OC. The number of para-hydroxylation sites is 1. The number of rotatable bonds is 8. The highest BCUT2D eigenvalue weighted by Crippen LogP contribution is 2.40. The van der Waals surface area contributed by atoms with Gasteiger partial charge in [-0.2, -0.15) is 0 Å². The lowest BCUT2D eigenvalue weighted by atomic mass is 10.1. The van der Waals surface area contributed by atoms with Crippen molar-refractivity contribution in [1.82, 2.24) is 9.88 Å². The molecule has 1 fully saturated rings. The molecule has 1 aliphatic rings. The summed E-state index contributed by atoms with van der Waals surface area (Å²) in [6.45, 7) is 1.26. The van der Waals surface area contributed by atoms with E-state index in [0.29, 0.717) is 43.2 Å². The third-order valence-electron chi connectivity index (χ3n) is 5.78. The van der Waals surface area contributed by atoms with Crippen LogP contribution in [0.2, 0.25) is 0 Å². The highest BCUT2D eigenvalue weighted by atomic mass is 16.5. The van der Waals surface area contributed by atoms with Crippen molar-refractivity contribution in [3.8, 4) is 23.0 Å². The van der Waals surface area contributed by atoms with E-state index in [1.807, 2.05) is 47.4 Å². The number of carbonyl (C=O) groups excluding carboxylic acids is 1. The highest BCUT2D eigenvalue weighted by molar-refractivity contribution is 5.84. The lowest BCUT2D eigenvalue weighted by Crippen LogP contribution is -2.31. The van der Waals surface area contributed by atoms with Crippen LogP contribution in [0.3, 0.4) is 0 Å². The standard InChI is InChI=1S/C25H28N2O5/c1-29-21-11-9-18(24(30-2)25(21)31-3)10-12-22(28)27-15-13-19(16-27)32-20-8-4-6-17-7-5-14-26-23(17)20/h4-9,11,14,19H,10,12-13,15-16H2,1-3H3/t19-/m1/s1. The third-order valence-corrected chi connectivity index (χ3v) is 5.78. The van der Waals surface area contributed by atoms with E-state index in [1.54, 1.807) is 27.5 Å². The number of nitrogens with zero attached hydrogens (tertiary/aromatic N) is 2. The molecule has 1 saturated heterocycles. The molecule has 2 aromatic carbocycles. The van der Waals surface area contributed by atoms with Crippen molar-refractivity contribution in [2.75, 3.05) is 34.4 Å². The summed E-state index contributed by atoms with van der Waals surface area (Å²) in [6, 6.07) is 13.6.